The second-order valence-corrected chi connectivity index (χ2v) is 8.27. The molecular formula is C23H24N2O5S. The molecule has 3 aromatic rings. The molecule has 3 N–H and O–H groups in total. The van der Waals surface area contributed by atoms with Crippen LogP contribution in [0.4, 0.5) is 11.4 Å². The molecule has 0 aliphatic carbocycles. The lowest BCUT2D eigenvalue weighted by atomic mass is 10.1. The minimum Gasteiger partial charge on any atom is -0.493 e. The average Bonchev–Trinajstić information content (AvgIpc) is 2.77. The summed E-state index contributed by atoms with van der Waals surface area (Å²) in [6, 6.07) is 16.7. The SMILES string of the molecule is COc1cc(C=Cc2ccc(NS(=O)(=O)c3ccc(N)cc3)cc2)cc(OC)c1OC. The minimum absolute atomic E-state index is 0.146. The topological polar surface area (TPSA) is 99.9 Å². The second-order valence-electron chi connectivity index (χ2n) is 6.59. The van der Waals surface area contributed by atoms with Gasteiger partial charge in [0.1, 0.15) is 0 Å². The molecule has 0 unspecified atom stereocenters. The fourth-order valence-corrected chi connectivity index (χ4v) is 3.97. The molecule has 0 atom stereocenters. The second kappa shape index (κ2) is 9.44. The largest absolute Gasteiger partial charge is 0.493 e. The Kier molecular flexibility index (Phi) is 6.71. The zero-order valence-electron chi connectivity index (χ0n) is 17.5. The third-order valence-corrected chi connectivity index (χ3v) is 5.91. The third-order valence-electron chi connectivity index (χ3n) is 4.51. The highest BCUT2D eigenvalue weighted by Crippen LogP contribution is 2.38. The Morgan fingerprint density at radius 1 is 0.774 bits per heavy atom. The van der Waals surface area contributed by atoms with Gasteiger partial charge in [-0.2, -0.15) is 0 Å². The van der Waals surface area contributed by atoms with Crippen LogP contribution in [0, 0.1) is 0 Å². The lowest BCUT2D eigenvalue weighted by Gasteiger charge is -2.12. The Hall–Kier alpha value is -3.65. The van der Waals surface area contributed by atoms with E-state index in [9.17, 15) is 8.42 Å². The number of methoxy groups -OCH3 is 3. The van der Waals surface area contributed by atoms with E-state index in [1.165, 1.54) is 12.1 Å². The van der Waals surface area contributed by atoms with Crippen LogP contribution in [0.3, 0.4) is 0 Å². The molecule has 0 fully saturated rings. The van der Waals surface area contributed by atoms with Gasteiger partial charge in [-0.15, -0.1) is 0 Å². The molecule has 0 bridgehead atoms. The fraction of sp³-hybridized carbons (Fsp3) is 0.130. The van der Waals surface area contributed by atoms with Gasteiger partial charge in [0.15, 0.2) is 11.5 Å². The van der Waals surface area contributed by atoms with Crippen LogP contribution in [0.2, 0.25) is 0 Å². The van der Waals surface area contributed by atoms with Crippen molar-refractivity contribution < 1.29 is 22.6 Å². The molecule has 0 saturated heterocycles. The standard InChI is InChI=1S/C23H24N2O5S/c1-28-21-14-17(15-22(29-2)23(21)30-3)5-4-16-6-10-19(11-7-16)25-31(26,27)20-12-8-18(24)9-13-20/h4-15,25H,24H2,1-3H3. The Morgan fingerprint density at radius 3 is 1.84 bits per heavy atom. The first kappa shape index (κ1) is 22.0. The molecule has 3 rings (SSSR count). The maximum atomic E-state index is 12.5. The van der Waals surface area contributed by atoms with Crippen molar-refractivity contribution in [3.8, 4) is 17.2 Å². The van der Waals surface area contributed by atoms with Gasteiger partial charge in [-0.25, -0.2) is 8.42 Å². The lowest BCUT2D eigenvalue weighted by molar-refractivity contribution is 0.324. The number of nitrogens with one attached hydrogen (secondary N) is 1. The Morgan fingerprint density at radius 2 is 1.32 bits per heavy atom. The highest BCUT2D eigenvalue weighted by molar-refractivity contribution is 7.92. The molecule has 0 heterocycles. The maximum Gasteiger partial charge on any atom is 0.261 e. The molecule has 8 heteroatoms. The fourth-order valence-electron chi connectivity index (χ4n) is 2.91. The highest BCUT2D eigenvalue weighted by atomic mass is 32.2. The molecule has 0 amide bonds. The summed E-state index contributed by atoms with van der Waals surface area (Å²) < 4.78 is 43.6. The number of anilines is 2. The molecule has 0 spiro atoms. The number of hydrogen-bond acceptors (Lipinski definition) is 6. The first-order valence-corrected chi connectivity index (χ1v) is 10.8. The van der Waals surface area contributed by atoms with Crippen LogP contribution in [0.25, 0.3) is 12.2 Å². The first-order valence-electron chi connectivity index (χ1n) is 9.33. The molecule has 3 aromatic carbocycles. The predicted octanol–water partition coefficient (Wildman–Crippen LogP) is 4.27. The smallest absolute Gasteiger partial charge is 0.261 e. The van der Waals surface area contributed by atoms with Crippen molar-refractivity contribution in [2.24, 2.45) is 0 Å². The quantitative estimate of drug-likeness (QED) is 0.401. The normalized spacial score (nSPS) is 11.3. The van der Waals surface area contributed by atoms with Crippen LogP contribution >= 0.6 is 0 Å². The highest BCUT2D eigenvalue weighted by Gasteiger charge is 2.14. The van der Waals surface area contributed by atoms with E-state index in [0.29, 0.717) is 28.6 Å². The van der Waals surface area contributed by atoms with E-state index in [1.54, 1.807) is 45.6 Å². The Labute approximate surface area is 182 Å². The van der Waals surface area contributed by atoms with Crippen LogP contribution in [-0.4, -0.2) is 29.7 Å². The van der Waals surface area contributed by atoms with E-state index < -0.39 is 10.0 Å². The van der Waals surface area contributed by atoms with Gasteiger partial charge in [-0.3, -0.25) is 4.72 Å². The number of rotatable bonds is 8. The van der Waals surface area contributed by atoms with Crippen molar-refractivity contribution in [1.29, 1.82) is 0 Å². The third kappa shape index (κ3) is 5.29. The van der Waals surface area contributed by atoms with Crippen molar-refractivity contribution in [2.75, 3.05) is 31.8 Å². The Bertz CT molecular complexity index is 1150. The zero-order valence-corrected chi connectivity index (χ0v) is 18.3. The van der Waals surface area contributed by atoms with E-state index in [2.05, 4.69) is 4.72 Å². The van der Waals surface area contributed by atoms with Crippen LogP contribution in [0.5, 0.6) is 17.2 Å². The van der Waals surface area contributed by atoms with Gasteiger partial charge in [-0.1, -0.05) is 24.3 Å². The molecule has 162 valence electrons. The summed E-state index contributed by atoms with van der Waals surface area (Å²) >= 11 is 0. The number of benzene rings is 3. The summed E-state index contributed by atoms with van der Waals surface area (Å²) in [5.41, 5.74) is 8.33. The summed E-state index contributed by atoms with van der Waals surface area (Å²) in [4.78, 5) is 0.146. The molecule has 0 saturated carbocycles. The Balaban J connectivity index is 1.76. The van der Waals surface area contributed by atoms with Crippen molar-refractivity contribution in [3.63, 3.8) is 0 Å². The van der Waals surface area contributed by atoms with Crippen LogP contribution in [0.1, 0.15) is 11.1 Å². The van der Waals surface area contributed by atoms with E-state index >= 15 is 0 Å². The molecule has 0 aliphatic heterocycles. The lowest BCUT2D eigenvalue weighted by Crippen LogP contribution is -2.12. The van der Waals surface area contributed by atoms with Gasteiger partial charge in [0.25, 0.3) is 10.0 Å². The summed E-state index contributed by atoms with van der Waals surface area (Å²) in [5, 5.41) is 0. The van der Waals surface area contributed by atoms with Crippen LogP contribution in [-0.2, 0) is 10.0 Å². The van der Waals surface area contributed by atoms with E-state index in [4.69, 9.17) is 19.9 Å². The van der Waals surface area contributed by atoms with Crippen LogP contribution in [0.15, 0.2) is 65.6 Å². The van der Waals surface area contributed by atoms with Gasteiger partial charge in [0.2, 0.25) is 5.75 Å². The van der Waals surface area contributed by atoms with Gasteiger partial charge in [0, 0.05) is 11.4 Å². The van der Waals surface area contributed by atoms with Crippen molar-refractivity contribution in [3.05, 3.63) is 71.8 Å². The van der Waals surface area contributed by atoms with Gasteiger partial charge < -0.3 is 19.9 Å². The molecule has 0 radical (unpaired) electrons. The van der Waals surface area contributed by atoms with Crippen molar-refractivity contribution in [1.82, 2.24) is 0 Å². The first-order chi connectivity index (χ1) is 14.9. The van der Waals surface area contributed by atoms with E-state index in [0.717, 1.165) is 11.1 Å². The summed E-state index contributed by atoms with van der Waals surface area (Å²) in [5.74, 6) is 1.66. The summed E-state index contributed by atoms with van der Waals surface area (Å²) in [6.07, 6.45) is 3.80. The van der Waals surface area contributed by atoms with Gasteiger partial charge >= 0.3 is 0 Å². The molecular weight excluding hydrogens is 416 g/mol. The zero-order chi connectivity index (χ0) is 22.4. The minimum atomic E-state index is -3.68. The average molecular weight is 441 g/mol. The predicted molar refractivity (Wildman–Crippen MR) is 123 cm³/mol. The molecule has 31 heavy (non-hydrogen) atoms. The number of nitrogen functional groups attached to an aromatic ring is 1. The number of ether oxygens (including phenoxy) is 3. The molecule has 7 nitrogen and oxygen atoms in total. The summed E-state index contributed by atoms with van der Waals surface area (Å²) in [7, 11) is 1.000. The number of sulfonamides is 1. The molecule has 0 aromatic heterocycles. The van der Waals surface area contributed by atoms with Crippen molar-refractivity contribution >= 4 is 33.6 Å². The number of nitrogens with two attached hydrogens (primary N) is 1. The number of hydrogen-bond donors (Lipinski definition) is 2. The van der Waals surface area contributed by atoms with E-state index in [1.807, 2.05) is 36.4 Å². The van der Waals surface area contributed by atoms with Gasteiger partial charge in [0.05, 0.1) is 26.2 Å². The van der Waals surface area contributed by atoms with Crippen LogP contribution < -0.4 is 24.7 Å². The van der Waals surface area contributed by atoms with E-state index in [-0.39, 0.29) is 4.90 Å². The monoisotopic (exact) mass is 440 g/mol. The van der Waals surface area contributed by atoms with Gasteiger partial charge in [-0.05, 0) is 59.7 Å². The molecule has 0 aliphatic rings. The van der Waals surface area contributed by atoms with Crippen molar-refractivity contribution in [2.45, 2.75) is 4.90 Å². The summed E-state index contributed by atoms with van der Waals surface area (Å²) in [6.45, 7) is 0. The maximum absolute atomic E-state index is 12.5.